The average molecular weight is 463 g/mol. The summed E-state index contributed by atoms with van der Waals surface area (Å²) >= 11 is 0. The summed E-state index contributed by atoms with van der Waals surface area (Å²) in [5, 5.41) is 0. The van der Waals surface area contributed by atoms with Crippen molar-refractivity contribution < 1.29 is 0 Å². The van der Waals surface area contributed by atoms with Gasteiger partial charge in [0.15, 0.2) is 0 Å². The first kappa shape index (κ1) is 34.6. The van der Waals surface area contributed by atoms with Crippen LogP contribution in [0, 0.1) is 0 Å². The predicted molar refractivity (Wildman–Crippen MR) is 156 cm³/mol. The van der Waals surface area contributed by atoms with Crippen LogP contribution in [0.25, 0.3) is 0 Å². The molecule has 0 spiro atoms. The number of unbranched alkanes of at least 4 members (excludes halogenated alkanes) is 25. The average Bonchev–Trinajstić information content (AvgIpc) is 2.83. The van der Waals surface area contributed by atoms with Crippen LogP contribution in [-0.2, 0) is 0 Å². The summed E-state index contributed by atoms with van der Waals surface area (Å²) in [6, 6.07) is 0. The van der Waals surface area contributed by atoms with Gasteiger partial charge in [0.05, 0.1) is 0 Å². The quantitative estimate of drug-likeness (QED) is 0.0840. The zero-order valence-electron chi connectivity index (χ0n) is 23.7. The van der Waals surface area contributed by atoms with E-state index in [1.807, 2.05) is 12.2 Å². The molecule has 0 saturated carbocycles. The van der Waals surface area contributed by atoms with Crippen LogP contribution in [0.4, 0.5) is 0 Å². The largest absolute Gasteiger partial charge is 0.103 e. The van der Waals surface area contributed by atoms with Crippen LogP contribution in [0.3, 0.4) is 0 Å². The van der Waals surface area contributed by atoms with Gasteiger partial charge in [0.2, 0.25) is 0 Å². The number of rotatable bonds is 27. The molecule has 0 unspecified atom stereocenters. The second-order valence-corrected chi connectivity index (χ2v) is 10.3. The molecule has 0 aromatic heterocycles. The van der Waals surface area contributed by atoms with E-state index in [0.29, 0.717) is 0 Å². The zero-order chi connectivity index (χ0) is 24.5. The fourth-order valence-electron chi connectivity index (χ4n) is 4.44. The molecule has 0 heteroatoms. The molecule has 0 bridgehead atoms. The van der Waals surface area contributed by atoms with Crippen LogP contribution >= 0.6 is 0 Å². The minimum atomic E-state index is 1.21. The maximum atomic E-state index is 3.75. The molecular formula is C33H66. The van der Waals surface area contributed by atoms with Gasteiger partial charge in [0, 0.05) is 0 Å². The molecule has 0 aromatic carbocycles. The first-order valence-electron chi connectivity index (χ1n) is 15.5. The minimum Gasteiger partial charge on any atom is -0.103 e. The van der Waals surface area contributed by atoms with Crippen molar-refractivity contribution in [3.05, 3.63) is 25.3 Å². The van der Waals surface area contributed by atoms with Crippen LogP contribution in [0.15, 0.2) is 25.3 Å². The molecule has 0 nitrogen and oxygen atoms in total. The first-order valence-corrected chi connectivity index (χ1v) is 15.5. The lowest BCUT2D eigenvalue weighted by Crippen LogP contribution is -1.82. The molecule has 0 heterocycles. The SMILES string of the molecule is C=CCCCCCCCCCCCCCC.C=CCCCCCCCCCCCCCCC. The van der Waals surface area contributed by atoms with Crippen LogP contribution in [0.2, 0.25) is 0 Å². The van der Waals surface area contributed by atoms with Crippen molar-refractivity contribution >= 4 is 0 Å². The molecule has 0 radical (unpaired) electrons. The van der Waals surface area contributed by atoms with Crippen molar-refractivity contribution in [2.24, 2.45) is 0 Å². The summed E-state index contributed by atoms with van der Waals surface area (Å²) in [4.78, 5) is 0. The maximum absolute atomic E-state index is 3.75. The standard InChI is InChI=1S/C17H34.C16H32/c1-3-5-7-9-11-13-15-17-16-14-12-10-8-6-4-2;1-3-5-7-9-11-13-15-16-14-12-10-8-6-4-2/h3H,1,4-17H2,2H3;3H,1,4-16H2,2H3. The van der Waals surface area contributed by atoms with E-state index in [4.69, 9.17) is 0 Å². The third-order valence-corrected chi connectivity index (χ3v) is 6.77. The van der Waals surface area contributed by atoms with E-state index in [1.165, 1.54) is 173 Å². The Morgan fingerprint density at radius 1 is 0.303 bits per heavy atom. The molecule has 0 atom stereocenters. The van der Waals surface area contributed by atoms with Gasteiger partial charge < -0.3 is 0 Å². The molecule has 33 heavy (non-hydrogen) atoms. The third-order valence-electron chi connectivity index (χ3n) is 6.77. The highest BCUT2D eigenvalue weighted by molar-refractivity contribution is 4.66. The van der Waals surface area contributed by atoms with Crippen molar-refractivity contribution in [3.8, 4) is 0 Å². The Labute approximate surface area is 212 Å². The molecular weight excluding hydrogens is 396 g/mol. The zero-order valence-corrected chi connectivity index (χ0v) is 23.7. The molecule has 0 saturated heterocycles. The summed E-state index contributed by atoms with van der Waals surface area (Å²) in [5.74, 6) is 0. The van der Waals surface area contributed by atoms with Gasteiger partial charge in [-0.1, -0.05) is 174 Å². The Morgan fingerprint density at radius 3 is 0.667 bits per heavy atom. The van der Waals surface area contributed by atoms with E-state index in [2.05, 4.69) is 27.0 Å². The fraction of sp³-hybridized carbons (Fsp3) is 0.879. The van der Waals surface area contributed by atoms with Gasteiger partial charge in [-0.2, -0.15) is 0 Å². The minimum absolute atomic E-state index is 1.21. The Kier molecular flexibility index (Phi) is 37.9. The highest BCUT2D eigenvalue weighted by atomic mass is 14.0. The Bertz CT molecular complexity index is 329. The summed E-state index contributed by atoms with van der Waals surface area (Å²) in [6.07, 6.45) is 42.4. The van der Waals surface area contributed by atoms with E-state index < -0.39 is 0 Å². The van der Waals surface area contributed by atoms with E-state index >= 15 is 0 Å². The summed E-state index contributed by atoms with van der Waals surface area (Å²) in [6.45, 7) is 12.1. The Hall–Kier alpha value is -0.520. The highest BCUT2D eigenvalue weighted by Gasteiger charge is 1.94. The highest BCUT2D eigenvalue weighted by Crippen LogP contribution is 2.13. The number of hydrogen-bond acceptors (Lipinski definition) is 0. The molecule has 0 aliphatic heterocycles. The summed E-state index contributed by atoms with van der Waals surface area (Å²) < 4.78 is 0. The Balaban J connectivity index is 0. The van der Waals surface area contributed by atoms with E-state index in [0.717, 1.165) is 0 Å². The van der Waals surface area contributed by atoms with Crippen LogP contribution in [0.5, 0.6) is 0 Å². The van der Waals surface area contributed by atoms with Gasteiger partial charge in [-0.15, -0.1) is 13.2 Å². The van der Waals surface area contributed by atoms with Crippen LogP contribution in [0.1, 0.15) is 187 Å². The molecule has 0 aliphatic carbocycles. The maximum Gasteiger partial charge on any atom is -0.0353 e. The normalized spacial score (nSPS) is 10.6. The van der Waals surface area contributed by atoms with Gasteiger partial charge in [0.1, 0.15) is 0 Å². The van der Waals surface area contributed by atoms with Crippen molar-refractivity contribution in [2.75, 3.05) is 0 Å². The number of hydrogen-bond donors (Lipinski definition) is 0. The molecule has 198 valence electrons. The lowest BCUT2D eigenvalue weighted by Gasteiger charge is -2.02. The molecule has 0 aromatic rings. The summed E-state index contributed by atoms with van der Waals surface area (Å²) in [5.41, 5.74) is 0. The van der Waals surface area contributed by atoms with E-state index in [9.17, 15) is 0 Å². The lowest BCUT2D eigenvalue weighted by atomic mass is 10.0. The second kappa shape index (κ2) is 36.1. The summed E-state index contributed by atoms with van der Waals surface area (Å²) in [7, 11) is 0. The van der Waals surface area contributed by atoms with Gasteiger partial charge in [-0.05, 0) is 25.7 Å². The third kappa shape index (κ3) is 39.0. The van der Waals surface area contributed by atoms with Gasteiger partial charge >= 0.3 is 0 Å². The van der Waals surface area contributed by atoms with Crippen molar-refractivity contribution in [1.82, 2.24) is 0 Å². The second-order valence-electron chi connectivity index (χ2n) is 10.3. The first-order chi connectivity index (χ1) is 16.3. The molecule has 0 amide bonds. The molecule has 0 N–H and O–H groups in total. The predicted octanol–water partition coefficient (Wildman–Crippen LogP) is 12.9. The van der Waals surface area contributed by atoms with Gasteiger partial charge in [0.25, 0.3) is 0 Å². The van der Waals surface area contributed by atoms with Crippen LogP contribution in [-0.4, -0.2) is 0 Å². The monoisotopic (exact) mass is 463 g/mol. The lowest BCUT2D eigenvalue weighted by molar-refractivity contribution is 0.540. The van der Waals surface area contributed by atoms with Crippen molar-refractivity contribution in [2.45, 2.75) is 187 Å². The van der Waals surface area contributed by atoms with Crippen LogP contribution < -0.4 is 0 Å². The van der Waals surface area contributed by atoms with Crippen molar-refractivity contribution in [1.29, 1.82) is 0 Å². The van der Waals surface area contributed by atoms with Crippen molar-refractivity contribution in [3.63, 3.8) is 0 Å². The topological polar surface area (TPSA) is 0 Å². The smallest absolute Gasteiger partial charge is 0.0353 e. The van der Waals surface area contributed by atoms with E-state index in [-0.39, 0.29) is 0 Å². The fourth-order valence-corrected chi connectivity index (χ4v) is 4.44. The molecule has 0 fully saturated rings. The van der Waals surface area contributed by atoms with Gasteiger partial charge in [-0.25, -0.2) is 0 Å². The molecule has 0 rings (SSSR count). The number of allylic oxidation sites excluding steroid dienone is 2. The molecule has 0 aliphatic rings. The van der Waals surface area contributed by atoms with E-state index in [1.54, 1.807) is 0 Å². The Morgan fingerprint density at radius 2 is 0.485 bits per heavy atom. The van der Waals surface area contributed by atoms with Gasteiger partial charge in [-0.3, -0.25) is 0 Å².